The van der Waals surface area contributed by atoms with Crippen LogP contribution in [-0.2, 0) is 21.0 Å². The Balaban J connectivity index is 1.48. The molecule has 1 aromatic heterocycles. The first-order valence-electron chi connectivity index (χ1n) is 12.2. The van der Waals surface area contributed by atoms with Gasteiger partial charge in [-0.15, -0.1) is 10.2 Å². The van der Waals surface area contributed by atoms with Crippen molar-refractivity contribution >= 4 is 10.0 Å². The van der Waals surface area contributed by atoms with Gasteiger partial charge >= 0.3 is 0 Å². The van der Waals surface area contributed by atoms with Crippen molar-refractivity contribution in [1.29, 1.82) is 0 Å². The molecular weight excluding hydrogens is 470 g/mol. The van der Waals surface area contributed by atoms with Gasteiger partial charge in [0.2, 0.25) is 10.0 Å². The summed E-state index contributed by atoms with van der Waals surface area (Å²) in [5.74, 6) is 0.630. The van der Waals surface area contributed by atoms with E-state index in [1.807, 2.05) is 55.5 Å². The molecule has 0 saturated carbocycles. The molecule has 36 heavy (non-hydrogen) atoms. The molecule has 0 aliphatic carbocycles. The minimum Gasteiger partial charge on any atom is -0.207 e. The zero-order valence-corrected chi connectivity index (χ0v) is 21.7. The van der Waals surface area contributed by atoms with Crippen LogP contribution >= 0.6 is 0 Å². The molecule has 1 aliphatic heterocycles. The number of hydrogen-bond donors (Lipinski definition) is 0. The molecule has 0 N–H and O–H groups in total. The summed E-state index contributed by atoms with van der Waals surface area (Å²) in [5.41, 5.74) is 2.19. The summed E-state index contributed by atoms with van der Waals surface area (Å²) < 4.78 is 28.3. The number of piperidine rings is 1. The van der Waals surface area contributed by atoms with Crippen LogP contribution in [0.25, 0.3) is 0 Å². The number of hydrogen-bond acceptors (Lipinski definition) is 5. The number of aryl methyl sites for hydroxylation is 1. The average molecular weight is 502 g/mol. The molecule has 186 valence electrons. The number of aromatic nitrogens is 4. The summed E-state index contributed by atoms with van der Waals surface area (Å²) in [5, 5.41) is 13.9. The van der Waals surface area contributed by atoms with E-state index < -0.39 is 21.0 Å². The summed E-state index contributed by atoms with van der Waals surface area (Å²) in [6, 6.07) is 27.3. The molecule has 8 heteroatoms. The second-order valence-corrected chi connectivity index (χ2v) is 11.9. The highest BCUT2D eigenvalue weighted by atomic mass is 32.2. The maximum atomic E-state index is 13.4. The Morgan fingerprint density at radius 3 is 2.03 bits per heavy atom. The first-order valence-corrected chi connectivity index (χ1v) is 13.7. The fourth-order valence-electron chi connectivity index (χ4n) is 4.97. The van der Waals surface area contributed by atoms with Gasteiger partial charge in [0.05, 0.1) is 10.3 Å². The van der Waals surface area contributed by atoms with Crippen LogP contribution in [0, 0.1) is 6.92 Å². The highest BCUT2D eigenvalue weighted by molar-refractivity contribution is 7.89. The predicted octanol–water partition coefficient (Wildman–Crippen LogP) is 4.54. The van der Waals surface area contributed by atoms with Gasteiger partial charge < -0.3 is 0 Å². The molecule has 0 amide bonds. The van der Waals surface area contributed by atoms with Crippen molar-refractivity contribution in [3.8, 4) is 0 Å². The molecule has 3 aromatic carbocycles. The van der Waals surface area contributed by atoms with Crippen LogP contribution in [0.3, 0.4) is 0 Å². The van der Waals surface area contributed by atoms with Crippen molar-refractivity contribution in [3.05, 3.63) is 107 Å². The van der Waals surface area contributed by atoms with Gasteiger partial charge in [0, 0.05) is 13.1 Å². The van der Waals surface area contributed by atoms with E-state index in [1.165, 1.54) is 0 Å². The predicted molar refractivity (Wildman–Crippen MR) is 139 cm³/mol. The van der Waals surface area contributed by atoms with Crippen molar-refractivity contribution < 1.29 is 8.42 Å². The summed E-state index contributed by atoms with van der Waals surface area (Å²) in [6.45, 7) is 6.84. The van der Waals surface area contributed by atoms with E-state index in [9.17, 15) is 8.42 Å². The van der Waals surface area contributed by atoms with Gasteiger partial charge in [0.1, 0.15) is 5.54 Å². The Kier molecular flexibility index (Phi) is 6.26. The van der Waals surface area contributed by atoms with E-state index in [0.29, 0.717) is 36.7 Å². The molecule has 0 spiro atoms. The molecule has 4 aromatic rings. The van der Waals surface area contributed by atoms with Gasteiger partial charge in [-0.2, -0.15) is 9.10 Å². The van der Waals surface area contributed by atoms with Crippen LogP contribution in [0.1, 0.15) is 49.2 Å². The third-order valence-electron chi connectivity index (χ3n) is 7.38. The second-order valence-electron chi connectivity index (χ2n) is 9.99. The quantitative estimate of drug-likeness (QED) is 0.388. The Labute approximate surface area is 212 Å². The monoisotopic (exact) mass is 501 g/mol. The van der Waals surface area contributed by atoms with Crippen molar-refractivity contribution in [2.75, 3.05) is 13.1 Å². The highest BCUT2D eigenvalue weighted by Gasteiger charge is 2.44. The van der Waals surface area contributed by atoms with Crippen LogP contribution in [0.15, 0.2) is 89.8 Å². The lowest BCUT2D eigenvalue weighted by molar-refractivity contribution is 0.254. The fraction of sp³-hybridized carbons (Fsp3) is 0.321. The molecule has 0 atom stereocenters. The van der Waals surface area contributed by atoms with E-state index >= 15 is 0 Å². The van der Waals surface area contributed by atoms with E-state index in [1.54, 1.807) is 21.2 Å². The molecular formula is C28H31N5O2S. The third kappa shape index (κ3) is 4.24. The summed E-state index contributed by atoms with van der Waals surface area (Å²) in [4.78, 5) is 2.01. The third-order valence-corrected chi connectivity index (χ3v) is 9.30. The van der Waals surface area contributed by atoms with Gasteiger partial charge in [-0.1, -0.05) is 78.4 Å². The van der Waals surface area contributed by atoms with Gasteiger partial charge in [-0.3, -0.25) is 0 Å². The topological polar surface area (TPSA) is 81.0 Å². The Morgan fingerprint density at radius 1 is 0.833 bits per heavy atom. The van der Waals surface area contributed by atoms with Crippen molar-refractivity contribution in [2.45, 2.75) is 49.5 Å². The van der Waals surface area contributed by atoms with E-state index in [4.69, 9.17) is 5.10 Å². The minimum atomic E-state index is -3.58. The van der Waals surface area contributed by atoms with Crippen molar-refractivity contribution in [3.63, 3.8) is 0 Å². The minimum absolute atomic E-state index is 0.328. The van der Waals surface area contributed by atoms with E-state index in [0.717, 1.165) is 16.7 Å². The van der Waals surface area contributed by atoms with Crippen LogP contribution in [0.5, 0.6) is 0 Å². The SMILES string of the molecule is Cc1ccc(S(=O)(=O)N2CCC(c3ccccc3)(c3nnn(C(C)(C)c4ccccc4)n3)CC2)cc1. The Bertz CT molecular complexity index is 1420. The maximum Gasteiger partial charge on any atom is 0.243 e. The molecule has 1 fully saturated rings. The Hall–Kier alpha value is -3.36. The molecule has 2 heterocycles. The lowest BCUT2D eigenvalue weighted by Gasteiger charge is -2.39. The van der Waals surface area contributed by atoms with Crippen molar-refractivity contribution in [2.24, 2.45) is 0 Å². The fourth-order valence-corrected chi connectivity index (χ4v) is 6.41. The first-order chi connectivity index (χ1) is 17.2. The lowest BCUT2D eigenvalue weighted by atomic mass is 9.72. The van der Waals surface area contributed by atoms with Crippen molar-refractivity contribution in [1.82, 2.24) is 24.5 Å². The van der Waals surface area contributed by atoms with Crippen LogP contribution < -0.4 is 0 Å². The smallest absolute Gasteiger partial charge is 0.207 e. The molecule has 7 nitrogen and oxygen atoms in total. The molecule has 0 bridgehead atoms. The number of nitrogens with zero attached hydrogens (tertiary/aromatic N) is 5. The Morgan fingerprint density at radius 2 is 1.42 bits per heavy atom. The summed E-state index contributed by atoms with van der Waals surface area (Å²) >= 11 is 0. The molecule has 0 radical (unpaired) electrons. The average Bonchev–Trinajstić information content (AvgIpc) is 3.42. The number of benzene rings is 3. The van der Waals surface area contributed by atoms with E-state index in [-0.39, 0.29) is 0 Å². The van der Waals surface area contributed by atoms with Gasteiger partial charge in [0.25, 0.3) is 0 Å². The number of tetrazole rings is 1. The first kappa shape index (κ1) is 24.3. The summed E-state index contributed by atoms with van der Waals surface area (Å²) in [6.07, 6.45) is 1.14. The molecule has 1 saturated heterocycles. The standard InChI is InChI=1S/C28H31N5O2S/c1-22-14-16-25(17-15-22)36(34,35)32-20-18-28(19-21-32,24-12-8-5-9-13-24)26-29-31-33(30-26)27(2,3)23-10-6-4-7-11-23/h4-17H,18-21H2,1-3H3. The summed E-state index contributed by atoms with van der Waals surface area (Å²) in [7, 11) is -3.58. The maximum absolute atomic E-state index is 13.4. The van der Waals surface area contributed by atoms with Crippen LogP contribution in [0.2, 0.25) is 0 Å². The molecule has 5 rings (SSSR count). The zero-order chi connectivity index (χ0) is 25.4. The zero-order valence-electron chi connectivity index (χ0n) is 20.9. The van der Waals surface area contributed by atoms with Crippen LogP contribution in [-0.4, -0.2) is 46.0 Å². The molecule has 1 aliphatic rings. The number of rotatable bonds is 6. The second kappa shape index (κ2) is 9.26. The van der Waals surface area contributed by atoms with Gasteiger partial charge in [0.15, 0.2) is 5.82 Å². The lowest BCUT2D eigenvalue weighted by Crippen LogP contribution is -2.46. The van der Waals surface area contributed by atoms with Gasteiger partial charge in [-0.05, 0) is 62.1 Å². The van der Waals surface area contributed by atoms with E-state index in [2.05, 4.69) is 48.4 Å². The van der Waals surface area contributed by atoms with Crippen LogP contribution in [0.4, 0.5) is 0 Å². The van der Waals surface area contributed by atoms with Gasteiger partial charge in [-0.25, -0.2) is 8.42 Å². The largest absolute Gasteiger partial charge is 0.243 e. The normalized spacial score (nSPS) is 16.6. The highest BCUT2D eigenvalue weighted by Crippen LogP contribution is 2.41. The number of sulfonamides is 1. The molecule has 0 unspecified atom stereocenters.